The van der Waals surface area contributed by atoms with E-state index in [1.54, 1.807) is 84.9 Å². The molecule has 0 saturated heterocycles. The molecule has 0 amide bonds. The van der Waals surface area contributed by atoms with Gasteiger partial charge in [0.15, 0.2) is 23.3 Å². The van der Waals surface area contributed by atoms with Crippen LogP contribution in [-0.2, 0) is 9.13 Å². The number of carbonyl (C=O) groups excluding carboxylic acids is 3. The second-order valence-corrected chi connectivity index (χ2v) is 14.9. The first-order valence-electron chi connectivity index (χ1n) is 15.5. The minimum atomic E-state index is -4.23. The predicted octanol–water partition coefficient (Wildman–Crippen LogP) is 9.54. The van der Waals surface area contributed by atoms with Crippen LogP contribution < -0.4 is 13.6 Å². The van der Waals surface area contributed by atoms with Crippen molar-refractivity contribution < 1.29 is 37.1 Å². The summed E-state index contributed by atoms with van der Waals surface area (Å²) in [5.74, 6) is -0.729. The van der Waals surface area contributed by atoms with Crippen LogP contribution >= 0.6 is 15.6 Å². The summed E-state index contributed by atoms with van der Waals surface area (Å²) in [6.45, 7) is 0. The van der Waals surface area contributed by atoms with Gasteiger partial charge >= 0.3 is 7.60 Å². The lowest BCUT2D eigenvalue weighted by Gasteiger charge is -2.20. The molecule has 6 aromatic rings. The quantitative estimate of drug-likeness (QED) is 0.0816. The van der Waals surface area contributed by atoms with Crippen molar-refractivity contribution in [3.05, 3.63) is 197 Å². The Labute approximate surface area is 289 Å². The summed E-state index contributed by atoms with van der Waals surface area (Å²) in [4.78, 5) is 38.5. The van der Waals surface area contributed by atoms with E-state index in [9.17, 15) is 23.5 Å². The normalized spacial score (nSPS) is 11.6. The zero-order valence-corrected chi connectivity index (χ0v) is 28.4. The maximum Gasteiger partial charge on any atom is 0.441 e. The fraction of sp³-hybridized carbons (Fsp3) is 0.0250. The maximum absolute atomic E-state index is 14.3. The van der Waals surface area contributed by atoms with Crippen LogP contribution in [0.1, 0.15) is 47.8 Å². The molecular weight excluding hydrogens is 670 g/mol. The molecule has 0 aliphatic carbocycles. The summed E-state index contributed by atoms with van der Waals surface area (Å²) < 4.78 is 44.9. The molecule has 10 heteroatoms. The first-order valence-corrected chi connectivity index (χ1v) is 18.8. The standard InChI is InChI=1S/C40H30O8P2/c41-38(29-10-4-1-5-11-29)32-16-22-35(23-17-32)46-49(44)28-50(45,47-36-24-18-33(19-25-36)39(42)30-12-6-2-7-13-30)48-37-26-20-34(21-27-37)40(43)31-14-8-3-9-15-31/h1-27,49H,28H2. The number of hydrogen-bond acceptors (Lipinski definition) is 8. The Balaban J connectivity index is 1.19. The molecule has 50 heavy (non-hydrogen) atoms. The average Bonchev–Trinajstić information content (AvgIpc) is 3.15. The lowest BCUT2D eigenvalue weighted by Crippen LogP contribution is -2.06. The highest BCUT2D eigenvalue weighted by Crippen LogP contribution is 2.54. The number of hydrogen-bond donors (Lipinski definition) is 0. The summed E-state index contributed by atoms with van der Waals surface area (Å²) >= 11 is 0. The van der Waals surface area contributed by atoms with Gasteiger partial charge in [0.2, 0.25) is 0 Å². The summed E-state index contributed by atoms with van der Waals surface area (Å²) in [7, 11) is -7.32. The molecule has 0 aromatic heterocycles. The highest BCUT2D eigenvalue weighted by molar-refractivity contribution is 7.66. The van der Waals surface area contributed by atoms with Gasteiger partial charge in [0.25, 0.3) is 8.03 Å². The summed E-state index contributed by atoms with van der Waals surface area (Å²) in [5.41, 5.74) is 2.76. The van der Waals surface area contributed by atoms with E-state index in [-0.39, 0.29) is 34.6 Å². The molecule has 1 atom stereocenters. The molecule has 8 nitrogen and oxygen atoms in total. The van der Waals surface area contributed by atoms with E-state index in [0.717, 1.165) is 0 Å². The molecule has 6 aromatic carbocycles. The summed E-state index contributed by atoms with van der Waals surface area (Å²) in [5, 5.41) is 0. The van der Waals surface area contributed by atoms with Crippen LogP contribution in [-0.4, -0.2) is 23.3 Å². The molecule has 0 spiro atoms. The van der Waals surface area contributed by atoms with Crippen LogP contribution in [0.4, 0.5) is 0 Å². The molecule has 0 aliphatic rings. The maximum atomic E-state index is 14.3. The van der Waals surface area contributed by atoms with Crippen molar-refractivity contribution in [2.24, 2.45) is 0 Å². The second-order valence-electron chi connectivity index (χ2n) is 11.1. The van der Waals surface area contributed by atoms with Crippen molar-refractivity contribution in [2.45, 2.75) is 0 Å². The third kappa shape index (κ3) is 8.61. The van der Waals surface area contributed by atoms with Gasteiger partial charge in [0.1, 0.15) is 17.2 Å². The predicted molar refractivity (Wildman–Crippen MR) is 192 cm³/mol. The largest absolute Gasteiger partial charge is 0.444 e. The average molecular weight is 701 g/mol. The van der Waals surface area contributed by atoms with Crippen molar-refractivity contribution >= 4 is 33.0 Å². The van der Waals surface area contributed by atoms with E-state index in [4.69, 9.17) is 13.6 Å². The van der Waals surface area contributed by atoms with E-state index in [1.165, 1.54) is 60.7 Å². The van der Waals surface area contributed by atoms with E-state index in [1.807, 2.05) is 18.2 Å². The van der Waals surface area contributed by atoms with Crippen LogP contribution in [0.3, 0.4) is 0 Å². The third-order valence-corrected chi connectivity index (χ3v) is 11.5. The highest BCUT2D eigenvalue weighted by Gasteiger charge is 2.32. The minimum absolute atomic E-state index is 0.118. The Morgan fingerprint density at radius 1 is 0.420 bits per heavy atom. The summed E-state index contributed by atoms with van der Waals surface area (Å²) in [6.07, 6.45) is 0. The molecule has 1 unspecified atom stereocenters. The van der Waals surface area contributed by atoms with Crippen molar-refractivity contribution in [3.8, 4) is 17.2 Å². The lowest BCUT2D eigenvalue weighted by atomic mass is 10.0. The second kappa shape index (κ2) is 15.6. The Bertz CT molecular complexity index is 2070. The van der Waals surface area contributed by atoms with Gasteiger partial charge in [-0.15, -0.1) is 0 Å². The van der Waals surface area contributed by atoms with E-state index in [2.05, 4.69) is 0 Å². The zero-order chi connectivity index (χ0) is 34.9. The minimum Gasteiger partial charge on any atom is -0.444 e. The topological polar surface area (TPSA) is 113 Å². The van der Waals surface area contributed by atoms with Gasteiger partial charge in [0, 0.05) is 33.4 Å². The van der Waals surface area contributed by atoms with E-state index < -0.39 is 21.5 Å². The highest BCUT2D eigenvalue weighted by atomic mass is 31.2. The van der Waals surface area contributed by atoms with E-state index in [0.29, 0.717) is 33.4 Å². The fourth-order valence-corrected chi connectivity index (χ4v) is 8.37. The van der Waals surface area contributed by atoms with Crippen molar-refractivity contribution in [2.75, 3.05) is 5.90 Å². The molecule has 0 aliphatic heterocycles. The molecule has 0 fully saturated rings. The van der Waals surface area contributed by atoms with Crippen LogP contribution in [0.5, 0.6) is 17.2 Å². The molecule has 248 valence electrons. The monoisotopic (exact) mass is 700 g/mol. The van der Waals surface area contributed by atoms with Gasteiger partial charge in [-0.1, -0.05) is 91.0 Å². The lowest BCUT2D eigenvalue weighted by molar-refractivity contribution is 0.103. The van der Waals surface area contributed by atoms with Crippen molar-refractivity contribution in [3.63, 3.8) is 0 Å². The molecule has 0 heterocycles. The first kappa shape index (κ1) is 34.1. The van der Waals surface area contributed by atoms with Gasteiger partial charge in [-0.25, -0.2) is 4.57 Å². The number of ketones is 3. The molecular formula is C40H30O8P2. The zero-order valence-electron chi connectivity index (χ0n) is 26.5. The molecule has 6 rings (SSSR count). The Kier molecular flexibility index (Phi) is 10.6. The van der Waals surface area contributed by atoms with Gasteiger partial charge in [-0.05, 0) is 72.8 Å². The molecule has 0 bridgehead atoms. The smallest absolute Gasteiger partial charge is 0.441 e. The van der Waals surface area contributed by atoms with Crippen LogP contribution in [0.15, 0.2) is 164 Å². The Morgan fingerprint density at radius 2 is 0.700 bits per heavy atom. The number of benzene rings is 6. The van der Waals surface area contributed by atoms with Gasteiger partial charge in [-0.3, -0.25) is 18.9 Å². The number of carbonyl (C=O) groups is 3. The fourth-order valence-electron chi connectivity index (χ4n) is 5.00. The van der Waals surface area contributed by atoms with Gasteiger partial charge < -0.3 is 13.6 Å². The van der Waals surface area contributed by atoms with Crippen molar-refractivity contribution in [1.29, 1.82) is 0 Å². The Morgan fingerprint density at radius 3 is 1.02 bits per heavy atom. The van der Waals surface area contributed by atoms with Crippen LogP contribution in [0, 0.1) is 0 Å². The van der Waals surface area contributed by atoms with Crippen LogP contribution in [0.2, 0.25) is 0 Å². The number of rotatable bonds is 14. The third-order valence-electron chi connectivity index (χ3n) is 7.50. The van der Waals surface area contributed by atoms with Crippen LogP contribution in [0.25, 0.3) is 0 Å². The molecule has 0 radical (unpaired) electrons. The van der Waals surface area contributed by atoms with Crippen molar-refractivity contribution in [1.82, 2.24) is 0 Å². The van der Waals surface area contributed by atoms with Gasteiger partial charge in [-0.2, -0.15) is 0 Å². The SMILES string of the molecule is O=C(c1ccccc1)c1ccc(O[PH](=O)CP(=O)(Oc2ccc(C(=O)c3ccccc3)cc2)Oc2ccc(C(=O)c3ccccc3)cc2)cc1. The summed E-state index contributed by atoms with van der Waals surface area (Å²) in [6, 6.07) is 44.6. The molecule has 0 N–H and O–H groups in total. The Hall–Kier alpha value is -5.81. The van der Waals surface area contributed by atoms with Gasteiger partial charge in [0.05, 0.1) is 0 Å². The van der Waals surface area contributed by atoms with E-state index >= 15 is 0 Å². The first-order chi connectivity index (χ1) is 24.3. The molecule has 0 saturated carbocycles.